The quantitative estimate of drug-likeness (QED) is 0.848. The fourth-order valence-electron chi connectivity index (χ4n) is 1.99. The maximum absolute atomic E-state index is 5.82. The Labute approximate surface area is 134 Å². The van der Waals surface area contributed by atoms with Gasteiger partial charge in [0.1, 0.15) is 6.61 Å². The molecule has 112 valence electrons. The number of halogens is 1. The zero-order valence-electron chi connectivity index (χ0n) is 12.7. The smallest absolute Gasteiger partial charge is 0.214 e. The minimum Gasteiger partial charge on any atom is -0.473 e. The molecule has 2 rings (SSSR count). The van der Waals surface area contributed by atoms with E-state index in [-0.39, 0.29) is 0 Å². The van der Waals surface area contributed by atoms with Crippen LogP contribution in [0.3, 0.4) is 0 Å². The van der Waals surface area contributed by atoms with Gasteiger partial charge in [0.2, 0.25) is 5.88 Å². The molecule has 1 heterocycles. The lowest BCUT2D eigenvalue weighted by Gasteiger charge is -2.11. The van der Waals surface area contributed by atoms with Crippen LogP contribution in [0.25, 0.3) is 0 Å². The molecule has 0 amide bonds. The van der Waals surface area contributed by atoms with E-state index in [0.717, 1.165) is 22.3 Å². The topological polar surface area (TPSA) is 34.1 Å². The summed E-state index contributed by atoms with van der Waals surface area (Å²) < 4.78 is 6.87. The lowest BCUT2D eigenvalue weighted by Crippen LogP contribution is -2.21. The summed E-state index contributed by atoms with van der Waals surface area (Å²) in [5.74, 6) is 0.676. The average Bonchev–Trinajstić information content (AvgIpc) is 2.43. The lowest BCUT2D eigenvalue weighted by molar-refractivity contribution is 0.293. The van der Waals surface area contributed by atoms with E-state index in [1.165, 1.54) is 5.56 Å². The Morgan fingerprint density at radius 3 is 2.71 bits per heavy atom. The highest BCUT2D eigenvalue weighted by atomic mass is 79.9. The van der Waals surface area contributed by atoms with Crippen molar-refractivity contribution in [2.24, 2.45) is 0 Å². The monoisotopic (exact) mass is 348 g/mol. The van der Waals surface area contributed by atoms with E-state index in [2.05, 4.69) is 52.2 Å². The summed E-state index contributed by atoms with van der Waals surface area (Å²) in [6.07, 6.45) is 0. The summed E-state index contributed by atoms with van der Waals surface area (Å²) in [4.78, 5) is 4.44. The average molecular weight is 349 g/mol. The first-order valence-electron chi connectivity index (χ1n) is 7.11. The molecule has 1 aromatic carbocycles. The summed E-state index contributed by atoms with van der Waals surface area (Å²) >= 11 is 3.47. The van der Waals surface area contributed by atoms with Gasteiger partial charge >= 0.3 is 0 Å². The molecule has 2 aromatic rings. The van der Waals surface area contributed by atoms with E-state index in [9.17, 15) is 0 Å². The van der Waals surface area contributed by atoms with Crippen molar-refractivity contribution in [2.75, 3.05) is 0 Å². The number of hydrogen-bond acceptors (Lipinski definition) is 3. The fraction of sp³-hybridized carbons (Fsp3) is 0.353. The van der Waals surface area contributed by atoms with Crippen LogP contribution in [-0.2, 0) is 13.2 Å². The van der Waals surface area contributed by atoms with Gasteiger partial charge in [-0.3, -0.25) is 0 Å². The highest BCUT2D eigenvalue weighted by Crippen LogP contribution is 2.16. The van der Waals surface area contributed by atoms with Crippen LogP contribution in [0.4, 0.5) is 0 Å². The molecule has 0 saturated heterocycles. The van der Waals surface area contributed by atoms with Crippen LogP contribution < -0.4 is 10.1 Å². The van der Waals surface area contributed by atoms with Crippen molar-refractivity contribution in [3.8, 4) is 5.88 Å². The van der Waals surface area contributed by atoms with Crippen molar-refractivity contribution in [2.45, 2.75) is 40.0 Å². The molecule has 4 heteroatoms. The highest BCUT2D eigenvalue weighted by molar-refractivity contribution is 9.10. The number of hydrogen-bond donors (Lipinski definition) is 1. The van der Waals surface area contributed by atoms with Gasteiger partial charge in [0.05, 0.1) is 0 Å². The van der Waals surface area contributed by atoms with E-state index in [1.54, 1.807) is 0 Å². The minimum absolute atomic E-state index is 0.463. The van der Waals surface area contributed by atoms with Gasteiger partial charge in [0.25, 0.3) is 0 Å². The number of benzene rings is 1. The second-order valence-electron chi connectivity index (χ2n) is 5.41. The maximum atomic E-state index is 5.82. The summed E-state index contributed by atoms with van der Waals surface area (Å²) in [7, 11) is 0. The normalized spacial score (nSPS) is 10.9. The van der Waals surface area contributed by atoms with E-state index < -0.39 is 0 Å². The molecule has 0 aliphatic rings. The summed E-state index contributed by atoms with van der Waals surface area (Å²) in [5, 5.41) is 3.41. The first-order valence-corrected chi connectivity index (χ1v) is 7.90. The lowest BCUT2D eigenvalue weighted by atomic mass is 10.2. The second-order valence-corrected chi connectivity index (χ2v) is 6.32. The van der Waals surface area contributed by atoms with Gasteiger partial charge in [-0.05, 0) is 36.2 Å². The molecule has 0 atom stereocenters. The molecular weight excluding hydrogens is 328 g/mol. The molecule has 0 aliphatic carbocycles. The minimum atomic E-state index is 0.463. The van der Waals surface area contributed by atoms with Crippen molar-refractivity contribution in [1.82, 2.24) is 10.3 Å². The van der Waals surface area contributed by atoms with Gasteiger partial charge in [0.15, 0.2) is 0 Å². The molecule has 0 radical (unpaired) electrons. The Bertz CT molecular complexity index is 599. The molecule has 0 spiro atoms. The van der Waals surface area contributed by atoms with Crippen LogP contribution in [0, 0.1) is 6.92 Å². The standard InChI is InChI=1S/C17H21BrN2O/c1-12(2)19-10-15-7-13(3)20-17(9-15)21-11-14-5-4-6-16(18)8-14/h4-9,12,19H,10-11H2,1-3H3. The molecule has 1 aromatic heterocycles. The summed E-state index contributed by atoms with van der Waals surface area (Å²) in [5.41, 5.74) is 3.29. The van der Waals surface area contributed by atoms with Crippen LogP contribution in [0.2, 0.25) is 0 Å². The third-order valence-electron chi connectivity index (χ3n) is 2.98. The Morgan fingerprint density at radius 1 is 1.19 bits per heavy atom. The van der Waals surface area contributed by atoms with Gasteiger partial charge in [-0.15, -0.1) is 0 Å². The van der Waals surface area contributed by atoms with Crippen molar-refractivity contribution >= 4 is 15.9 Å². The Hall–Kier alpha value is -1.39. The molecule has 0 unspecified atom stereocenters. The number of pyridine rings is 1. The second kappa shape index (κ2) is 7.57. The molecule has 0 aliphatic heterocycles. The van der Waals surface area contributed by atoms with Gasteiger partial charge in [0, 0.05) is 28.8 Å². The fourth-order valence-corrected chi connectivity index (χ4v) is 2.44. The zero-order chi connectivity index (χ0) is 15.2. The third-order valence-corrected chi connectivity index (χ3v) is 3.47. The third kappa shape index (κ3) is 5.48. The van der Waals surface area contributed by atoms with Crippen LogP contribution in [0.15, 0.2) is 40.9 Å². The molecule has 0 fully saturated rings. The van der Waals surface area contributed by atoms with E-state index in [4.69, 9.17) is 4.74 Å². The zero-order valence-corrected chi connectivity index (χ0v) is 14.3. The van der Waals surface area contributed by atoms with Crippen molar-refractivity contribution < 1.29 is 4.74 Å². The number of nitrogens with one attached hydrogen (secondary N) is 1. The van der Waals surface area contributed by atoms with Crippen LogP contribution in [0.1, 0.15) is 30.7 Å². The molecule has 1 N–H and O–H groups in total. The Kier molecular flexibility index (Phi) is 5.76. The van der Waals surface area contributed by atoms with E-state index in [1.807, 2.05) is 31.2 Å². The van der Waals surface area contributed by atoms with Gasteiger partial charge in [-0.2, -0.15) is 0 Å². The number of rotatable bonds is 6. The van der Waals surface area contributed by atoms with Crippen LogP contribution in [-0.4, -0.2) is 11.0 Å². The number of ether oxygens (including phenoxy) is 1. The number of aryl methyl sites for hydroxylation is 1. The van der Waals surface area contributed by atoms with Crippen molar-refractivity contribution in [3.63, 3.8) is 0 Å². The number of aromatic nitrogens is 1. The largest absolute Gasteiger partial charge is 0.473 e. The van der Waals surface area contributed by atoms with E-state index in [0.29, 0.717) is 18.5 Å². The Balaban J connectivity index is 2.02. The maximum Gasteiger partial charge on any atom is 0.214 e. The Morgan fingerprint density at radius 2 is 2.00 bits per heavy atom. The van der Waals surface area contributed by atoms with Crippen LogP contribution in [0.5, 0.6) is 5.88 Å². The van der Waals surface area contributed by atoms with Crippen molar-refractivity contribution in [1.29, 1.82) is 0 Å². The van der Waals surface area contributed by atoms with Crippen LogP contribution >= 0.6 is 15.9 Å². The van der Waals surface area contributed by atoms with E-state index >= 15 is 0 Å². The highest BCUT2D eigenvalue weighted by Gasteiger charge is 2.03. The first-order chi connectivity index (χ1) is 10.0. The molecule has 21 heavy (non-hydrogen) atoms. The number of nitrogens with zero attached hydrogens (tertiary/aromatic N) is 1. The summed E-state index contributed by atoms with van der Waals surface area (Å²) in [6.45, 7) is 7.61. The molecule has 3 nitrogen and oxygen atoms in total. The SMILES string of the molecule is Cc1cc(CNC(C)C)cc(OCc2cccc(Br)c2)n1. The predicted molar refractivity (Wildman–Crippen MR) is 89.4 cm³/mol. The molecule has 0 saturated carbocycles. The molecular formula is C17H21BrN2O. The van der Waals surface area contributed by atoms with Crippen molar-refractivity contribution in [3.05, 3.63) is 57.7 Å². The molecule has 0 bridgehead atoms. The van der Waals surface area contributed by atoms with Gasteiger partial charge < -0.3 is 10.1 Å². The summed E-state index contributed by atoms with van der Waals surface area (Å²) in [6, 6.07) is 12.7. The van der Waals surface area contributed by atoms with Gasteiger partial charge in [-0.25, -0.2) is 4.98 Å². The first kappa shape index (κ1) is 16.0. The van der Waals surface area contributed by atoms with Gasteiger partial charge in [-0.1, -0.05) is 41.9 Å². The predicted octanol–water partition coefficient (Wildman–Crippen LogP) is 4.23.